The predicted molar refractivity (Wildman–Crippen MR) is 58.4 cm³/mol. The van der Waals surface area contributed by atoms with Gasteiger partial charge in [-0.1, -0.05) is 13.8 Å². The lowest BCUT2D eigenvalue weighted by atomic mass is 10.2. The Morgan fingerprint density at radius 1 is 1.47 bits per heavy atom. The van der Waals surface area contributed by atoms with E-state index in [-0.39, 0.29) is 0 Å². The van der Waals surface area contributed by atoms with Crippen LogP contribution in [0.1, 0.15) is 19.7 Å². The molecule has 2 N–H and O–H groups in total. The van der Waals surface area contributed by atoms with Crippen molar-refractivity contribution in [2.24, 2.45) is 13.0 Å². The molecule has 0 radical (unpaired) electrons. The van der Waals surface area contributed by atoms with Crippen molar-refractivity contribution in [3.8, 4) is 0 Å². The summed E-state index contributed by atoms with van der Waals surface area (Å²) in [6.07, 6.45) is 1.65. The highest BCUT2D eigenvalue weighted by Gasteiger charge is 2.09. The Kier molecular flexibility index (Phi) is 4.71. The summed E-state index contributed by atoms with van der Waals surface area (Å²) in [4.78, 5) is 4.06. The van der Waals surface area contributed by atoms with Crippen LogP contribution in [0.15, 0.2) is 6.33 Å². The van der Waals surface area contributed by atoms with Crippen molar-refractivity contribution in [1.29, 1.82) is 0 Å². The lowest BCUT2D eigenvalue weighted by molar-refractivity contribution is 0.167. The average molecular weight is 212 g/mol. The van der Waals surface area contributed by atoms with Gasteiger partial charge < -0.3 is 10.4 Å². The summed E-state index contributed by atoms with van der Waals surface area (Å²) in [5, 5.41) is 16.9. The first-order chi connectivity index (χ1) is 7.09. The third-order valence-electron chi connectivity index (χ3n) is 2.16. The first kappa shape index (κ1) is 12.1. The minimum absolute atomic E-state index is 0.397. The monoisotopic (exact) mass is 212 g/mol. The van der Waals surface area contributed by atoms with Gasteiger partial charge in [-0.15, -0.1) is 0 Å². The van der Waals surface area contributed by atoms with E-state index in [0.717, 1.165) is 12.4 Å². The fraction of sp³-hybridized carbons (Fsp3) is 0.800. The van der Waals surface area contributed by atoms with Gasteiger partial charge >= 0.3 is 0 Å². The number of hydrogen-bond acceptors (Lipinski definition) is 4. The van der Waals surface area contributed by atoms with Crippen LogP contribution in [-0.4, -0.2) is 39.1 Å². The van der Waals surface area contributed by atoms with E-state index >= 15 is 0 Å². The van der Waals surface area contributed by atoms with Crippen molar-refractivity contribution in [3.63, 3.8) is 0 Å². The lowest BCUT2D eigenvalue weighted by Crippen LogP contribution is -2.31. The molecule has 0 amide bonds. The second-order valence-corrected chi connectivity index (χ2v) is 4.21. The van der Waals surface area contributed by atoms with Crippen molar-refractivity contribution in [2.75, 3.05) is 13.1 Å². The maximum absolute atomic E-state index is 9.71. The van der Waals surface area contributed by atoms with E-state index in [9.17, 15) is 5.11 Å². The molecule has 0 bridgehead atoms. The van der Waals surface area contributed by atoms with Gasteiger partial charge in [0.15, 0.2) is 0 Å². The summed E-state index contributed by atoms with van der Waals surface area (Å²) in [6, 6.07) is 0. The molecule has 0 saturated heterocycles. The van der Waals surface area contributed by atoms with Crippen LogP contribution < -0.4 is 5.32 Å². The number of aromatic nitrogens is 3. The molecule has 1 atom stereocenters. The van der Waals surface area contributed by atoms with Crippen LogP contribution in [-0.2, 0) is 13.5 Å². The summed E-state index contributed by atoms with van der Waals surface area (Å²) in [6.45, 7) is 5.81. The van der Waals surface area contributed by atoms with Crippen molar-refractivity contribution >= 4 is 0 Å². The molecule has 1 heterocycles. The molecule has 0 aromatic carbocycles. The molecule has 0 aliphatic rings. The zero-order chi connectivity index (χ0) is 11.3. The summed E-state index contributed by atoms with van der Waals surface area (Å²) < 4.78 is 1.69. The van der Waals surface area contributed by atoms with Gasteiger partial charge in [0, 0.05) is 20.0 Å². The van der Waals surface area contributed by atoms with Gasteiger partial charge in [0.2, 0.25) is 0 Å². The van der Waals surface area contributed by atoms with Crippen LogP contribution in [0.3, 0.4) is 0 Å². The van der Waals surface area contributed by atoms with E-state index in [1.165, 1.54) is 6.33 Å². The Morgan fingerprint density at radius 2 is 2.20 bits per heavy atom. The fourth-order valence-corrected chi connectivity index (χ4v) is 1.33. The molecule has 0 spiro atoms. The highest BCUT2D eigenvalue weighted by atomic mass is 16.3. The Morgan fingerprint density at radius 3 is 2.73 bits per heavy atom. The fourth-order valence-electron chi connectivity index (χ4n) is 1.33. The number of rotatable bonds is 6. The second kappa shape index (κ2) is 5.82. The number of aryl methyl sites for hydroxylation is 1. The second-order valence-electron chi connectivity index (χ2n) is 4.21. The van der Waals surface area contributed by atoms with Crippen LogP contribution in [0.25, 0.3) is 0 Å². The molecule has 0 aliphatic heterocycles. The molecule has 1 unspecified atom stereocenters. The van der Waals surface area contributed by atoms with Crippen LogP contribution in [0.2, 0.25) is 0 Å². The van der Waals surface area contributed by atoms with E-state index in [4.69, 9.17) is 0 Å². The van der Waals surface area contributed by atoms with E-state index in [1.807, 2.05) is 7.05 Å². The molecular weight excluding hydrogens is 192 g/mol. The Bertz CT molecular complexity index is 285. The molecule has 0 aliphatic carbocycles. The summed E-state index contributed by atoms with van der Waals surface area (Å²) in [5.41, 5.74) is 0. The molecule has 0 fully saturated rings. The Balaban J connectivity index is 2.24. The van der Waals surface area contributed by atoms with E-state index in [0.29, 0.717) is 18.9 Å². The molecule has 5 nitrogen and oxygen atoms in total. The van der Waals surface area contributed by atoms with E-state index in [1.54, 1.807) is 4.68 Å². The van der Waals surface area contributed by atoms with Crippen molar-refractivity contribution in [2.45, 2.75) is 26.4 Å². The molecule has 5 heteroatoms. The first-order valence-electron chi connectivity index (χ1n) is 5.31. The summed E-state index contributed by atoms with van der Waals surface area (Å²) in [7, 11) is 1.83. The van der Waals surface area contributed by atoms with Gasteiger partial charge in [0.25, 0.3) is 0 Å². The largest absolute Gasteiger partial charge is 0.391 e. The quantitative estimate of drug-likeness (QED) is 0.695. The van der Waals surface area contributed by atoms with Crippen molar-refractivity contribution in [1.82, 2.24) is 20.1 Å². The van der Waals surface area contributed by atoms with Gasteiger partial charge in [-0.05, 0) is 12.5 Å². The Labute approximate surface area is 90.5 Å². The number of hydrogen-bond donors (Lipinski definition) is 2. The lowest BCUT2D eigenvalue weighted by Gasteiger charge is -2.12. The summed E-state index contributed by atoms with van der Waals surface area (Å²) in [5.74, 6) is 1.42. The number of aliphatic hydroxyl groups is 1. The van der Waals surface area contributed by atoms with Gasteiger partial charge in [-0.25, -0.2) is 4.98 Å². The molecule has 1 rings (SSSR count). The minimum Gasteiger partial charge on any atom is -0.391 e. The summed E-state index contributed by atoms with van der Waals surface area (Å²) >= 11 is 0. The third kappa shape index (κ3) is 4.40. The zero-order valence-electron chi connectivity index (χ0n) is 9.64. The molecular formula is C10H20N4O. The van der Waals surface area contributed by atoms with Crippen molar-refractivity contribution < 1.29 is 5.11 Å². The molecule has 1 aromatic heterocycles. The third-order valence-corrected chi connectivity index (χ3v) is 2.16. The van der Waals surface area contributed by atoms with Gasteiger partial charge in [0.1, 0.15) is 12.2 Å². The maximum atomic E-state index is 9.71. The first-order valence-corrected chi connectivity index (χ1v) is 5.31. The average Bonchev–Trinajstić information content (AvgIpc) is 2.51. The molecule has 86 valence electrons. The highest BCUT2D eigenvalue weighted by Crippen LogP contribution is 1.97. The molecule has 1 aromatic rings. The van der Waals surface area contributed by atoms with E-state index < -0.39 is 6.10 Å². The van der Waals surface area contributed by atoms with Gasteiger partial charge in [-0.2, -0.15) is 5.10 Å². The molecule has 15 heavy (non-hydrogen) atoms. The maximum Gasteiger partial charge on any atom is 0.138 e. The van der Waals surface area contributed by atoms with Gasteiger partial charge in [-0.3, -0.25) is 4.68 Å². The topological polar surface area (TPSA) is 63.0 Å². The number of nitrogens with one attached hydrogen (secondary N) is 1. The normalized spacial score (nSPS) is 13.4. The smallest absolute Gasteiger partial charge is 0.138 e. The van der Waals surface area contributed by atoms with Crippen LogP contribution in [0.5, 0.6) is 0 Å². The minimum atomic E-state index is -0.397. The van der Waals surface area contributed by atoms with Crippen LogP contribution in [0, 0.1) is 5.92 Å². The van der Waals surface area contributed by atoms with Crippen LogP contribution in [0.4, 0.5) is 0 Å². The molecule has 0 saturated carbocycles. The van der Waals surface area contributed by atoms with E-state index in [2.05, 4.69) is 29.2 Å². The van der Waals surface area contributed by atoms with Gasteiger partial charge in [0.05, 0.1) is 6.10 Å². The SMILES string of the molecule is CC(C)CNCC(O)Cc1ncnn1C. The Hall–Kier alpha value is -0.940. The number of aliphatic hydroxyl groups excluding tert-OH is 1. The predicted octanol–water partition coefficient (Wildman–Crippen LogP) is -0.0359. The highest BCUT2D eigenvalue weighted by molar-refractivity contribution is 4.86. The van der Waals surface area contributed by atoms with Crippen molar-refractivity contribution in [3.05, 3.63) is 12.2 Å². The zero-order valence-corrected chi connectivity index (χ0v) is 9.64. The van der Waals surface area contributed by atoms with Crippen LogP contribution >= 0.6 is 0 Å². The number of nitrogens with zero attached hydrogens (tertiary/aromatic N) is 3. The standard InChI is InChI=1S/C10H20N4O/c1-8(2)5-11-6-9(15)4-10-12-7-13-14(10)3/h7-9,11,15H,4-6H2,1-3H3.